The van der Waals surface area contributed by atoms with Crippen LogP contribution in [0.25, 0.3) is 0 Å². The van der Waals surface area contributed by atoms with Crippen LogP contribution in [0.1, 0.15) is 36.2 Å². The minimum atomic E-state index is -0.384. The molecule has 0 spiro atoms. The zero-order chi connectivity index (χ0) is 13.2. The van der Waals surface area contributed by atoms with Crippen molar-refractivity contribution in [2.75, 3.05) is 11.4 Å². The molecular formula is C14H17N3O2. The molecular weight excluding hydrogens is 242 g/mol. The van der Waals surface area contributed by atoms with Gasteiger partial charge in [0, 0.05) is 17.8 Å². The average Bonchev–Trinajstić information content (AvgIpc) is 2.75. The third kappa shape index (κ3) is 2.46. The molecule has 0 amide bonds. The lowest BCUT2D eigenvalue weighted by Crippen LogP contribution is -2.23. The molecule has 0 bridgehead atoms. The van der Waals surface area contributed by atoms with Crippen LogP contribution in [0.3, 0.4) is 0 Å². The van der Waals surface area contributed by atoms with E-state index in [1.165, 1.54) is 0 Å². The van der Waals surface area contributed by atoms with Crippen molar-refractivity contribution in [2.45, 2.75) is 32.4 Å². The third-order valence-electron chi connectivity index (χ3n) is 3.44. The number of para-hydroxylation sites is 1. The lowest BCUT2D eigenvalue weighted by Gasteiger charge is -2.23. The molecule has 1 unspecified atom stereocenters. The van der Waals surface area contributed by atoms with Gasteiger partial charge in [0.25, 0.3) is 0 Å². The van der Waals surface area contributed by atoms with E-state index in [0.717, 1.165) is 30.6 Å². The summed E-state index contributed by atoms with van der Waals surface area (Å²) < 4.78 is 5.18. The number of aromatic nitrogens is 2. The molecule has 2 aromatic rings. The Bertz CT molecular complexity index is 567. The molecule has 0 saturated heterocycles. The van der Waals surface area contributed by atoms with Gasteiger partial charge in [-0.1, -0.05) is 23.4 Å². The third-order valence-corrected chi connectivity index (χ3v) is 3.44. The lowest BCUT2D eigenvalue weighted by atomic mass is 10.0. The van der Waals surface area contributed by atoms with Crippen molar-refractivity contribution < 1.29 is 9.63 Å². The second-order valence-electron chi connectivity index (χ2n) is 4.87. The van der Waals surface area contributed by atoms with Gasteiger partial charge in [0.2, 0.25) is 5.89 Å². The summed E-state index contributed by atoms with van der Waals surface area (Å²) in [7, 11) is 0. The summed E-state index contributed by atoms with van der Waals surface area (Å²) in [4.78, 5) is 6.44. The highest BCUT2D eigenvalue weighted by Crippen LogP contribution is 2.33. The van der Waals surface area contributed by atoms with E-state index >= 15 is 0 Å². The number of aryl methyl sites for hydroxylation is 1. The van der Waals surface area contributed by atoms with Crippen LogP contribution in [-0.4, -0.2) is 21.8 Å². The van der Waals surface area contributed by atoms with Crippen LogP contribution in [-0.2, 0) is 6.54 Å². The van der Waals surface area contributed by atoms with E-state index in [1.807, 2.05) is 31.2 Å². The first-order valence-electron chi connectivity index (χ1n) is 6.55. The van der Waals surface area contributed by atoms with E-state index in [1.54, 1.807) is 0 Å². The Balaban J connectivity index is 1.91. The molecule has 2 heterocycles. The number of anilines is 1. The molecule has 1 aliphatic heterocycles. The molecule has 0 radical (unpaired) electrons. The van der Waals surface area contributed by atoms with Gasteiger partial charge in [-0.2, -0.15) is 4.98 Å². The first kappa shape index (κ1) is 12.2. The number of fused-ring (bicyclic) bond motifs is 1. The van der Waals surface area contributed by atoms with E-state index in [-0.39, 0.29) is 6.10 Å². The molecule has 1 aliphatic rings. The summed E-state index contributed by atoms with van der Waals surface area (Å²) in [5, 5.41) is 14.0. The Labute approximate surface area is 111 Å². The van der Waals surface area contributed by atoms with Crippen molar-refractivity contribution >= 4 is 5.69 Å². The van der Waals surface area contributed by atoms with Crippen molar-refractivity contribution in [3.05, 3.63) is 41.5 Å². The Kier molecular flexibility index (Phi) is 3.21. The van der Waals surface area contributed by atoms with Crippen LogP contribution in [0.4, 0.5) is 5.69 Å². The topological polar surface area (TPSA) is 62.4 Å². The number of rotatable bonds is 2. The average molecular weight is 259 g/mol. The van der Waals surface area contributed by atoms with Crippen molar-refractivity contribution in [3.63, 3.8) is 0 Å². The zero-order valence-corrected chi connectivity index (χ0v) is 10.9. The Morgan fingerprint density at radius 2 is 2.26 bits per heavy atom. The number of nitrogens with zero attached hydrogens (tertiary/aromatic N) is 3. The van der Waals surface area contributed by atoms with Gasteiger partial charge in [-0.15, -0.1) is 0 Å². The summed E-state index contributed by atoms with van der Waals surface area (Å²) in [5.74, 6) is 1.27. The summed E-state index contributed by atoms with van der Waals surface area (Å²) in [6, 6.07) is 7.97. The van der Waals surface area contributed by atoms with Gasteiger partial charge in [0.1, 0.15) is 0 Å². The highest BCUT2D eigenvalue weighted by molar-refractivity contribution is 5.55. The minimum absolute atomic E-state index is 0.384. The van der Waals surface area contributed by atoms with E-state index < -0.39 is 0 Å². The minimum Gasteiger partial charge on any atom is -0.388 e. The standard InChI is InChI=1S/C14H17N3O2/c1-10-15-14(19-16-10)9-17-8-4-7-13(18)11-5-2-3-6-12(11)17/h2-3,5-6,13,18H,4,7-9H2,1H3. The van der Waals surface area contributed by atoms with Gasteiger partial charge in [-0.25, -0.2) is 0 Å². The fraction of sp³-hybridized carbons (Fsp3) is 0.429. The maximum atomic E-state index is 10.2. The van der Waals surface area contributed by atoms with Gasteiger partial charge in [-0.05, 0) is 25.8 Å². The van der Waals surface area contributed by atoms with E-state index in [2.05, 4.69) is 15.0 Å². The summed E-state index contributed by atoms with van der Waals surface area (Å²) in [5.41, 5.74) is 2.04. The number of hydrogen-bond donors (Lipinski definition) is 1. The fourth-order valence-electron chi connectivity index (χ4n) is 2.54. The van der Waals surface area contributed by atoms with Crippen LogP contribution in [0.5, 0.6) is 0 Å². The van der Waals surface area contributed by atoms with Crippen molar-refractivity contribution in [2.24, 2.45) is 0 Å². The maximum absolute atomic E-state index is 10.2. The summed E-state index contributed by atoms with van der Waals surface area (Å²) in [6.45, 7) is 3.28. The molecule has 19 heavy (non-hydrogen) atoms. The van der Waals surface area contributed by atoms with Gasteiger partial charge < -0.3 is 14.5 Å². The number of aliphatic hydroxyl groups excluding tert-OH is 1. The largest absolute Gasteiger partial charge is 0.388 e. The number of benzene rings is 1. The van der Waals surface area contributed by atoms with Crippen LogP contribution in [0.15, 0.2) is 28.8 Å². The van der Waals surface area contributed by atoms with E-state index in [0.29, 0.717) is 18.3 Å². The van der Waals surface area contributed by atoms with Crippen LogP contribution < -0.4 is 4.90 Å². The fourth-order valence-corrected chi connectivity index (χ4v) is 2.54. The molecule has 1 atom stereocenters. The van der Waals surface area contributed by atoms with Gasteiger partial charge in [0.05, 0.1) is 12.6 Å². The van der Waals surface area contributed by atoms with Gasteiger partial charge in [0.15, 0.2) is 5.82 Å². The highest BCUT2D eigenvalue weighted by atomic mass is 16.5. The van der Waals surface area contributed by atoms with Crippen molar-refractivity contribution in [1.82, 2.24) is 10.1 Å². The van der Waals surface area contributed by atoms with Crippen LogP contribution in [0, 0.1) is 6.92 Å². The van der Waals surface area contributed by atoms with E-state index in [4.69, 9.17) is 4.52 Å². The predicted octanol–water partition coefficient (Wildman–Crippen LogP) is 2.21. The highest BCUT2D eigenvalue weighted by Gasteiger charge is 2.22. The van der Waals surface area contributed by atoms with Crippen LogP contribution >= 0.6 is 0 Å². The SMILES string of the molecule is Cc1noc(CN2CCCC(O)c3ccccc32)n1. The first-order chi connectivity index (χ1) is 9.24. The predicted molar refractivity (Wildman–Crippen MR) is 70.7 cm³/mol. The van der Waals surface area contributed by atoms with Gasteiger partial charge >= 0.3 is 0 Å². The van der Waals surface area contributed by atoms with Crippen molar-refractivity contribution in [1.29, 1.82) is 0 Å². The molecule has 1 N–H and O–H groups in total. The van der Waals surface area contributed by atoms with E-state index in [9.17, 15) is 5.11 Å². The summed E-state index contributed by atoms with van der Waals surface area (Å²) >= 11 is 0. The van der Waals surface area contributed by atoms with Gasteiger partial charge in [-0.3, -0.25) is 0 Å². The second-order valence-corrected chi connectivity index (χ2v) is 4.87. The molecule has 1 aromatic heterocycles. The second kappa shape index (κ2) is 5.01. The molecule has 100 valence electrons. The Hall–Kier alpha value is -1.88. The first-order valence-corrected chi connectivity index (χ1v) is 6.55. The Morgan fingerprint density at radius 1 is 1.42 bits per heavy atom. The molecule has 1 aromatic carbocycles. The molecule has 0 aliphatic carbocycles. The maximum Gasteiger partial charge on any atom is 0.246 e. The monoisotopic (exact) mass is 259 g/mol. The molecule has 0 fully saturated rings. The van der Waals surface area contributed by atoms with Crippen LogP contribution in [0.2, 0.25) is 0 Å². The Morgan fingerprint density at radius 3 is 3.05 bits per heavy atom. The lowest BCUT2D eigenvalue weighted by molar-refractivity contribution is 0.168. The molecule has 0 saturated carbocycles. The zero-order valence-electron chi connectivity index (χ0n) is 10.9. The molecule has 5 nitrogen and oxygen atoms in total. The molecule has 5 heteroatoms. The summed E-state index contributed by atoms with van der Waals surface area (Å²) in [6.07, 6.45) is 1.35. The normalized spacial score (nSPS) is 19.1. The smallest absolute Gasteiger partial charge is 0.246 e. The van der Waals surface area contributed by atoms with Crippen molar-refractivity contribution in [3.8, 4) is 0 Å². The quantitative estimate of drug-likeness (QED) is 0.896. The number of aliphatic hydroxyl groups is 1. The number of hydrogen-bond acceptors (Lipinski definition) is 5. The molecule has 3 rings (SSSR count).